The number of benzene rings is 1. The number of phosphoric ester groups is 1. The molecule has 0 unspecified atom stereocenters. The van der Waals surface area contributed by atoms with Crippen LogP contribution >= 0.6 is 7.82 Å². The number of rotatable bonds is 3. The lowest BCUT2D eigenvalue weighted by Crippen LogP contribution is -2.40. The van der Waals surface area contributed by atoms with Crippen LogP contribution in [0.4, 0.5) is 0 Å². The fraction of sp³-hybridized carbons (Fsp3) is 0.556. The summed E-state index contributed by atoms with van der Waals surface area (Å²) in [4.78, 5) is 18.0. The molecular formula is C18H23O4P. The molecule has 0 spiro atoms. The third-order valence-electron chi connectivity index (χ3n) is 5.94. The van der Waals surface area contributed by atoms with E-state index in [2.05, 4.69) is 6.92 Å². The van der Waals surface area contributed by atoms with Crippen molar-refractivity contribution in [2.75, 3.05) is 0 Å². The average Bonchev–Trinajstić information content (AvgIpc) is 2.44. The monoisotopic (exact) mass is 334 g/mol. The lowest BCUT2D eigenvalue weighted by atomic mass is 9.53. The minimum absolute atomic E-state index is 0.236. The molecule has 4 bridgehead atoms. The van der Waals surface area contributed by atoms with Crippen molar-refractivity contribution in [2.45, 2.75) is 39.0 Å². The van der Waals surface area contributed by atoms with Gasteiger partial charge >= 0.3 is 7.82 Å². The van der Waals surface area contributed by atoms with E-state index in [9.17, 15) is 4.57 Å². The fourth-order valence-corrected chi connectivity index (χ4v) is 5.78. The van der Waals surface area contributed by atoms with Crippen LogP contribution in [0.2, 0.25) is 0 Å². The van der Waals surface area contributed by atoms with E-state index in [-0.39, 0.29) is 5.75 Å². The Morgan fingerprint density at radius 1 is 1.09 bits per heavy atom. The SMILES string of the molecule is CC(=C1C2CC3CC(C2)CC1C3)c1cccc(OP(=O)(O)O)c1. The number of allylic oxidation sites excluding steroid dienone is 2. The van der Waals surface area contributed by atoms with Gasteiger partial charge in [-0.1, -0.05) is 17.7 Å². The summed E-state index contributed by atoms with van der Waals surface area (Å²) < 4.78 is 15.8. The van der Waals surface area contributed by atoms with E-state index in [0.29, 0.717) is 0 Å². The Morgan fingerprint density at radius 2 is 1.70 bits per heavy atom. The van der Waals surface area contributed by atoms with Gasteiger partial charge in [0.2, 0.25) is 0 Å². The summed E-state index contributed by atoms with van der Waals surface area (Å²) in [6.07, 6.45) is 6.76. The first-order chi connectivity index (χ1) is 10.9. The third kappa shape index (κ3) is 3.00. The standard InChI is InChI=1S/C18H23O4P/c1-11(14-3-2-4-17(10-14)22-23(19,20)21)18-15-6-12-5-13(8-15)9-16(18)7-12/h2-4,10,12-13,15-16H,5-9H2,1H3,(H2,19,20,21). The number of phosphoric acid groups is 1. The molecule has 2 N–H and O–H groups in total. The first-order valence-corrected chi connectivity index (χ1v) is 9.98. The van der Waals surface area contributed by atoms with Crippen LogP contribution in [0.3, 0.4) is 0 Å². The summed E-state index contributed by atoms with van der Waals surface area (Å²) in [6, 6.07) is 7.17. The molecule has 23 heavy (non-hydrogen) atoms. The first kappa shape index (κ1) is 15.4. The van der Waals surface area contributed by atoms with Gasteiger partial charge in [-0.05, 0) is 86.0 Å². The molecule has 5 heteroatoms. The van der Waals surface area contributed by atoms with Crippen LogP contribution < -0.4 is 4.52 Å². The molecule has 4 aliphatic carbocycles. The van der Waals surface area contributed by atoms with Crippen molar-refractivity contribution in [2.24, 2.45) is 23.7 Å². The molecule has 1 aromatic rings. The van der Waals surface area contributed by atoms with Gasteiger partial charge in [0, 0.05) is 0 Å². The fourth-order valence-electron chi connectivity index (χ4n) is 5.39. The third-order valence-corrected chi connectivity index (χ3v) is 6.39. The van der Waals surface area contributed by atoms with Crippen LogP contribution in [0, 0.1) is 23.7 Å². The maximum atomic E-state index is 11.0. The van der Waals surface area contributed by atoms with Gasteiger partial charge in [-0.3, -0.25) is 9.79 Å². The van der Waals surface area contributed by atoms with Crippen LogP contribution in [0.25, 0.3) is 5.57 Å². The lowest BCUT2D eigenvalue weighted by molar-refractivity contribution is 0.0704. The minimum atomic E-state index is -4.51. The molecule has 4 nitrogen and oxygen atoms in total. The van der Waals surface area contributed by atoms with E-state index in [1.54, 1.807) is 23.8 Å². The van der Waals surface area contributed by atoms with E-state index in [0.717, 1.165) is 29.2 Å². The normalized spacial score (nSPS) is 32.2. The number of hydrogen-bond donors (Lipinski definition) is 2. The average molecular weight is 334 g/mol. The van der Waals surface area contributed by atoms with Crippen LogP contribution in [-0.4, -0.2) is 9.79 Å². The van der Waals surface area contributed by atoms with E-state index in [4.69, 9.17) is 14.3 Å². The molecular weight excluding hydrogens is 311 g/mol. The van der Waals surface area contributed by atoms with Crippen LogP contribution in [-0.2, 0) is 4.57 Å². The zero-order valence-corrected chi connectivity index (χ0v) is 14.2. The summed E-state index contributed by atoms with van der Waals surface area (Å²) in [5.74, 6) is 3.53. The molecule has 124 valence electrons. The Morgan fingerprint density at radius 3 is 2.26 bits per heavy atom. The molecule has 0 radical (unpaired) electrons. The molecule has 4 saturated carbocycles. The molecule has 0 heterocycles. The molecule has 5 rings (SSSR count). The van der Waals surface area contributed by atoms with Crippen molar-refractivity contribution in [3.8, 4) is 5.75 Å². The first-order valence-electron chi connectivity index (χ1n) is 8.45. The quantitative estimate of drug-likeness (QED) is 0.805. The number of hydrogen-bond acceptors (Lipinski definition) is 2. The molecule has 0 saturated heterocycles. The highest BCUT2D eigenvalue weighted by Gasteiger charge is 2.45. The molecule has 0 aromatic heterocycles. The van der Waals surface area contributed by atoms with Gasteiger partial charge in [-0.2, -0.15) is 0 Å². The van der Waals surface area contributed by atoms with E-state index < -0.39 is 7.82 Å². The van der Waals surface area contributed by atoms with Crippen molar-refractivity contribution in [3.05, 3.63) is 35.4 Å². The van der Waals surface area contributed by atoms with Crippen LogP contribution in [0.5, 0.6) is 5.75 Å². The molecule has 0 amide bonds. The predicted octanol–water partition coefficient (Wildman–Crippen LogP) is 4.39. The van der Waals surface area contributed by atoms with Gasteiger partial charge in [0.15, 0.2) is 0 Å². The Kier molecular flexibility index (Phi) is 3.67. The highest BCUT2D eigenvalue weighted by Crippen LogP contribution is 2.57. The van der Waals surface area contributed by atoms with Gasteiger partial charge in [-0.25, -0.2) is 4.57 Å². The second-order valence-corrected chi connectivity index (χ2v) is 8.66. The summed E-state index contributed by atoms with van der Waals surface area (Å²) in [5, 5.41) is 0. The molecule has 4 fully saturated rings. The topological polar surface area (TPSA) is 66.8 Å². The van der Waals surface area contributed by atoms with E-state index >= 15 is 0 Å². The van der Waals surface area contributed by atoms with E-state index in [1.807, 2.05) is 6.07 Å². The second-order valence-electron chi connectivity index (χ2n) is 7.49. The zero-order chi connectivity index (χ0) is 16.2. The Hall–Kier alpha value is -1.09. The van der Waals surface area contributed by atoms with Crippen molar-refractivity contribution in [3.63, 3.8) is 0 Å². The minimum Gasteiger partial charge on any atom is -0.404 e. The summed E-state index contributed by atoms with van der Waals surface area (Å²) in [7, 11) is -4.51. The Balaban J connectivity index is 1.67. The largest absolute Gasteiger partial charge is 0.524 e. The van der Waals surface area contributed by atoms with Gasteiger partial charge in [0.05, 0.1) is 0 Å². The van der Waals surface area contributed by atoms with Gasteiger partial charge in [0.1, 0.15) is 5.75 Å². The molecule has 0 atom stereocenters. The predicted molar refractivity (Wildman–Crippen MR) is 88.8 cm³/mol. The van der Waals surface area contributed by atoms with Crippen LogP contribution in [0.15, 0.2) is 29.8 Å². The van der Waals surface area contributed by atoms with Crippen molar-refractivity contribution < 1.29 is 18.9 Å². The molecule has 0 aliphatic heterocycles. The van der Waals surface area contributed by atoms with Gasteiger partial charge < -0.3 is 4.52 Å². The Labute approximate surface area is 136 Å². The van der Waals surface area contributed by atoms with Gasteiger partial charge in [0.25, 0.3) is 0 Å². The Bertz CT molecular complexity index is 673. The summed E-state index contributed by atoms with van der Waals surface area (Å²) in [6.45, 7) is 2.16. The van der Waals surface area contributed by atoms with Crippen molar-refractivity contribution in [1.82, 2.24) is 0 Å². The maximum Gasteiger partial charge on any atom is 0.524 e. The summed E-state index contributed by atoms with van der Waals surface area (Å²) in [5.41, 5.74) is 3.92. The molecule has 4 aliphatic rings. The van der Waals surface area contributed by atoms with Crippen molar-refractivity contribution >= 4 is 13.4 Å². The highest BCUT2D eigenvalue weighted by molar-refractivity contribution is 7.46. The van der Waals surface area contributed by atoms with E-state index in [1.165, 1.54) is 37.7 Å². The molecule has 1 aromatic carbocycles. The van der Waals surface area contributed by atoms with Gasteiger partial charge in [-0.15, -0.1) is 0 Å². The highest BCUT2D eigenvalue weighted by atomic mass is 31.2. The summed E-state index contributed by atoms with van der Waals surface area (Å²) >= 11 is 0. The van der Waals surface area contributed by atoms with Crippen LogP contribution in [0.1, 0.15) is 44.6 Å². The maximum absolute atomic E-state index is 11.0. The zero-order valence-electron chi connectivity index (χ0n) is 13.3. The second kappa shape index (κ2) is 5.47. The smallest absolute Gasteiger partial charge is 0.404 e. The lowest BCUT2D eigenvalue weighted by Gasteiger charge is -2.52. The van der Waals surface area contributed by atoms with Crippen molar-refractivity contribution in [1.29, 1.82) is 0 Å².